The SMILES string of the molecule is CS(=O)(=O)NCCNc1ccc([N+](=O)[O-])cc1C#N. The van der Waals surface area contributed by atoms with Crippen molar-refractivity contribution >= 4 is 21.4 Å². The lowest BCUT2D eigenvalue weighted by atomic mass is 10.1. The van der Waals surface area contributed by atoms with Gasteiger partial charge in [-0.2, -0.15) is 5.26 Å². The van der Waals surface area contributed by atoms with Gasteiger partial charge in [-0.15, -0.1) is 0 Å². The Labute approximate surface area is 110 Å². The second-order valence-electron chi connectivity index (χ2n) is 3.69. The third-order valence-corrected chi connectivity index (χ3v) is 2.87. The van der Waals surface area contributed by atoms with Crippen molar-refractivity contribution in [1.82, 2.24) is 4.72 Å². The van der Waals surface area contributed by atoms with Crippen molar-refractivity contribution in [2.45, 2.75) is 0 Å². The Hall–Kier alpha value is -2.18. The van der Waals surface area contributed by atoms with Gasteiger partial charge in [-0.25, -0.2) is 13.1 Å². The molecule has 19 heavy (non-hydrogen) atoms. The monoisotopic (exact) mass is 284 g/mol. The van der Waals surface area contributed by atoms with Crippen LogP contribution in [0.5, 0.6) is 0 Å². The van der Waals surface area contributed by atoms with Crippen LogP contribution >= 0.6 is 0 Å². The third kappa shape index (κ3) is 4.90. The maximum absolute atomic E-state index is 10.8. The van der Waals surface area contributed by atoms with E-state index in [4.69, 9.17) is 5.26 Å². The van der Waals surface area contributed by atoms with Gasteiger partial charge in [0.15, 0.2) is 0 Å². The quantitative estimate of drug-likeness (QED) is 0.443. The fraction of sp³-hybridized carbons (Fsp3) is 0.300. The topological polar surface area (TPSA) is 125 Å². The summed E-state index contributed by atoms with van der Waals surface area (Å²) in [6, 6.07) is 5.69. The minimum Gasteiger partial charge on any atom is -0.383 e. The van der Waals surface area contributed by atoms with Gasteiger partial charge in [-0.1, -0.05) is 0 Å². The zero-order valence-corrected chi connectivity index (χ0v) is 10.9. The van der Waals surface area contributed by atoms with E-state index in [2.05, 4.69) is 10.0 Å². The van der Waals surface area contributed by atoms with Gasteiger partial charge < -0.3 is 5.32 Å². The number of nitro benzene ring substituents is 1. The summed E-state index contributed by atoms with van der Waals surface area (Å²) in [4.78, 5) is 9.96. The van der Waals surface area contributed by atoms with Crippen molar-refractivity contribution in [3.8, 4) is 6.07 Å². The summed E-state index contributed by atoms with van der Waals surface area (Å²) in [7, 11) is -3.26. The van der Waals surface area contributed by atoms with Gasteiger partial charge in [0.25, 0.3) is 5.69 Å². The molecule has 1 rings (SSSR count). The molecule has 0 aliphatic carbocycles. The molecule has 1 aromatic carbocycles. The Morgan fingerprint density at radius 2 is 2.11 bits per heavy atom. The van der Waals surface area contributed by atoms with E-state index in [1.54, 1.807) is 0 Å². The lowest BCUT2D eigenvalue weighted by molar-refractivity contribution is -0.384. The van der Waals surface area contributed by atoms with Crippen molar-refractivity contribution in [1.29, 1.82) is 5.26 Å². The molecule has 0 saturated heterocycles. The van der Waals surface area contributed by atoms with Crippen LogP contribution in [0.1, 0.15) is 5.56 Å². The fourth-order valence-electron chi connectivity index (χ4n) is 1.33. The molecule has 8 nitrogen and oxygen atoms in total. The molecule has 2 N–H and O–H groups in total. The highest BCUT2D eigenvalue weighted by atomic mass is 32.2. The first-order valence-corrected chi connectivity index (χ1v) is 7.09. The molecule has 0 heterocycles. The first kappa shape index (κ1) is 14.9. The molecular formula is C10H12N4O4S. The molecule has 0 aliphatic rings. The first-order chi connectivity index (χ1) is 8.83. The summed E-state index contributed by atoms with van der Waals surface area (Å²) in [5, 5.41) is 22.3. The number of nitrogens with one attached hydrogen (secondary N) is 2. The molecule has 0 saturated carbocycles. The van der Waals surface area contributed by atoms with Crippen LogP contribution in [0.15, 0.2) is 18.2 Å². The maximum atomic E-state index is 10.8. The molecule has 0 unspecified atom stereocenters. The summed E-state index contributed by atoms with van der Waals surface area (Å²) in [5.41, 5.74) is 0.383. The molecular weight excluding hydrogens is 272 g/mol. The minimum absolute atomic E-state index is 0.133. The number of hydrogen-bond donors (Lipinski definition) is 2. The van der Waals surface area contributed by atoms with E-state index in [1.165, 1.54) is 12.1 Å². The number of rotatable bonds is 6. The van der Waals surface area contributed by atoms with Crippen LogP contribution in [0.25, 0.3) is 0 Å². The van der Waals surface area contributed by atoms with Gasteiger partial charge in [0.2, 0.25) is 10.0 Å². The molecule has 0 bridgehead atoms. The third-order valence-electron chi connectivity index (χ3n) is 2.14. The number of hydrogen-bond acceptors (Lipinski definition) is 6. The molecule has 0 fully saturated rings. The summed E-state index contributed by atoms with van der Waals surface area (Å²) in [6.45, 7) is 0.417. The summed E-state index contributed by atoms with van der Waals surface area (Å²) >= 11 is 0. The van der Waals surface area contributed by atoms with Gasteiger partial charge >= 0.3 is 0 Å². The van der Waals surface area contributed by atoms with Gasteiger partial charge in [-0.05, 0) is 6.07 Å². The predicted molar refractivity (Wildman–Crippen MR) is 69.1 cm³/mol. The van der Waals surface area contributed by atoms with E-state index < -0.39 is 14.9 Å². The minimum atomic E-state index is -3.26. The fourth-order valence-corrected chi connectivity index (χ4v) is 1.80. The molecule has 0 amide bonds. The predicted octanol–water partition coefficient (Wildman–Crippen LogP) is 0.428. The van der Waals surface area contributed by atoms with Crippen LogP contribution in [-0.4, -0.2) is 32.7 Å². The van der Waals surface area contributed by atoms with Crippen molar-refractivity contribution in [2.75, 3.05) is 24.7 Å². The zero-order valence-electron chi connectivity index (χ0n) is 10.1. The molecule has 9 heteroatoms. The van der Waals surface area contributed by atoms with Crippen molar-refractivity contribution < 1.29 is 13.3 Å². The molecule has 0 aromatic heterocycles. The summed E-state index contributed by atoms with van der Waals surface area (Å²) < 4.78 is 23.9. The number of sulfonamides is 1. The van der Waals surface area contributed by atoms with Gasteiger partial charge in [0.05, 0.1) is 22.4 Å². The number of nitriles is 1. The normalized spacial score (nSPS) is 10.7. The van der Waals surface area contributed by atoms with E-state index >= 15 is 0 Å². The second-order valence-corrected chi connectivity index (χ2v) is 5.53. The molecule has 0 spiro atoms. The Morgan fingerprint density at radius 3 is 2.63 bits per heavy atom. The lowest BCUT2D eigenvalue weighted by Gasteiger charge is -2.08. The standard InChI is InChI=1S/C10H12N4O4S/c1-19(17,18)13-5-4-12-10-3-2-9(14(15)16)6-8(10)7-11/h2-3,6,12-13H,4-5H2,1H3. The molecule has 0 atom stereocenters. The highest BCUT2D eigenvalue weighted by Gasteiger charge is 2.10. The van der Waals surface area contributed by atoms with E-state index in [0.29, 0.717) is 5.69 Å². The largest absolute Gasteiger partial charge is 0.383 e. The van der Waals surface area contributed by atoms with Crippen molar-refractivity contribution in [2.24, 2.45) is 0 Å². The first-order valence-electron chi connectivity index (χ1n) is 5.20. The Morgan fingerprint density at radius 1 is 1.42 bits per heavy atom. The highest BCUT2D eigenvalue weighted by molar-refractivity contribution is 7.88. The Kier molecular flexibility index (Phi) is 4.80. The Bertz CT molecular complexity index is 621. The van der Waals surface area contributed by atoms with Crippen LogP contribution in [0, 0.1) is 21.4 Å². The number of nitrogens with zero attached hydrogens (tertiary/aromatic N) is 2. The van der Waals surface area contributed by atoms with Gasteiger partial charge in [0, 0.05) is 25.2 Å². The summed E-state index contributed by atoms with van der Waals surface area (Å²) in [5.74, 6) is 0. The van der Waals surface area contributed by atoms with Crippen LogP contribution in [0.4, 0.5) is 11.4 Å². The number of non-ortho nitro benzene ring substituents is 1. The molecule has 0 radical (unpaired) electrons. The highest BCUT2D eigenvalue weighted by Crippen LogP contribution is 2.20. The lowest BCUT2D eigenvalue weighted by Crippen LogP contribution is -2.27. The molecule has 1 aromatic rings. The van der Waals surface area contributed by atoms with Gasteiger partial charge in [-0.3, -0.25) is 10.1 Å². The Balaban J connectivity index is 2.69. The van der Waals surface area contributed by atoms with Crippen molar-refractivity contribution in [3.63, 3.8) is 0 Å². The zero-order chi connectivity index (χ0) is 14.5. The van der Waals surface area contributed by atoms with E-state index in [1.807, 2.05) is 6.07 Å². The van der Waals surface area contributed by atoms with Crippen LogP contribution in [0.2, 0.25) is 0 Å². The number of nitro groups is 1. The maximum Gasteiger partial charge on any atom is 0.270 e. The number of benzene rings is 1. The van der Waals surface area contributed by atoms with Crippen LogP contribution < -0.4 is 10.0 Å². The smallest absolute Gasteiger partial charge is 0.270 e. The molecule has 0 aliphatic heterocycles. The van der Waals surface area contributed by atoms with E-state index in [0.717, 1.165) is 12.3 Å². The van der Waals surface area contributed by atoms with Crippen LogP contribution in [0.3, 0.4) is 0 Å². The van der Waals surface area contributed by atoms with Gasteiger partial charge in [0.1, 0.15) is 6.07 Å². The van der Waals surface area contributed by atoms with Crippen LogP contribution in [-0.2, 0) is 10.0 Å². The number of anilines is 1. The van der Waals surface area contributed by atoms with Crippen molar-refractivity contribution in [3.05, 3.63) is 33.9 Å². The van der Waals surface area contributed by atoms with E-state index in [-0.39, 0.29) is 24.3 Å². The average Bonchev–Trinajstić information content (AvgIpc) is 2.33. The summed E-state index contributed by atoms with van der Waals surface area (Å²) in [6.07, 6.45) is 1.04. The molecule has 102 valence electrons. The average molecular weight is 284 g/mol. The second kappa shape index (κ2) is 6.12. The van der Waals surface area contributed by atoms with E-state index in [9.17, 15) is 18.5 Å².